The van der Waals surface area contributed by atoms with Gasteiger partial charge in [0.25, 0.3) is 0 Å². The van der Waals surface area contributed by atoms with Gasteiger partial charge in [-0.25, -0.2) is 0 Å². The molecule has 19 heavy (non-hydrogen) atoms. The lowest BCUT2D eigenvalue weighted by Gasteiger charge is -2.39. The van der Waals surface area contributed by atoms with E-state index in [-0.39, 0.29) is 30.4 Å². The van der Waals surface area contributed by atoms with Gasteiger partial charge >= 0.3 is 0 Å². The molecule has 0 unspecified atom stereocenters. The van der Waals surface area contributed by atoms with E-state index in [0.29, 0.717) is 13.1 Å². The van der Waals surface area contributed by atoms with Crippen molar-refractivity contribution in [1.82, 2.24) is 15.1 Å². The van der Waals surface area contributed by atoms with Crippen LogP contribution in [0.2, 0.25) is 0 Å². The van der Waals surface area contributed by atoms with Crippen LogP contribution in [0.3, 0.4) is 0 Å². The van der Waals surface area contributed by atoms with Crippen molar-refractivity contribution in [3.63, 3.8) is 0 Å². The summed E-state index contributed by atoms with van der Waals surface area (Å²) in [6.07, 6.45) is 3.13. The molecule has 3 N–H and O–H groups in total. The zero-order chi connectivity index (χ0) is 13.8. The number of piperazine rings is 1. The molecule has 0 saturated carbocycles. The number of hydrogen-bond donors (Lipinski definition) is 2. The summed E-state index contributed by atoms with van der Waals surface area (Å²) in [5, 5.41) is 3.01. The first kappa shape index (κ1) is 14.3. The second-order valence-corrected chi connectivity index (χ2v) is 5.50. The molecule has 2 saturated heterocycles. The maximum Gasteiger partial charge on any atom is 0.242 e. The van der Waals surface area contributed by atoms with Crippen LogP contribution in [0.1, 0.15) is 26.2 Å². The van der Waals surface area contributed by atoms with Gasteiger partial charge in [0.15, 0.2) is 0 Å². The van der Waals surface area contributed by atoms with Crippen LogP contribution in [0, 0.1) is 0 Å². The Hall–Kier alpha value is -1.14. The predicted octanol–water partition coefficient (Wildman–Crippen LogP) is -0.853. The van der Waals surface area contributed by atoms with Crippen LogP contribution in [-0.4, -0.2) is 66.4 Å². The molecule has 0 aromatic carbocycles. The second-order valence-electron chi connectivity index (χ2n) is 5.50. The summed E-state index contributed by atoms with van der Waals surface area (Å²) in [4.78, 5) is 27.6. The van der Waals surface area contributed by atoms with E-state index in [1.807, 2.05) is 11.8 Å². The first-order valence-corrected chi connectivity index (χ1v) is 7.13. The normalized spacial score (nSPS) is 26.4. The lowest BCUT2D eigenvalue weighted by molar-refractivity contribution is -0.143. The standard InChI is InChI=1S/C13H24N4O2/c1-10(14)11-4-2-3-6-17(11)13(19)9-16-7-5-15-8-12(16)18/h10-11,15H,2-9,14H2,1H3/t10-,11-/m0/s1. The zero-order valence-electron chi connectivity index (χ0n) is 11.6. The van der Waals surface area contributed by atoms with Crippen molar-refractivity contribution in [2.24, 2.45) is 5.73 Å². The lowest BCUT2D eigenvalue weighted by Crippen LogP contribution is -2.56. The summed E-state index contributed by atoms with van der Waals surface area (Å²) >= 11 is 0. The molecular formula is C13H24N4O2. The Bertz CT molecular complexity index is 346. The summed E-state index contributed by atoms with van der Waals surface area (Å²) in [6, 6.07) is 0.113. The van der Waals surface area contributed by atoms with Gasteiger partial charge in [-0.2, -0.15) is 0 Å². The third-order valence-electron chi connectivity index (χ3n) is 3.99. The SMILES string of the molecule is C[C@H](N)[C@@H]1CCCCN1C(=O)CN1CCNCC1=O. The monoisotopic (exact) mass is 268 g/mol. The van der Waals surface area contributed by atoms with E-state index in [4.69, 9.17) is 5.73 Å². The highest BCUT2D eigenvalue weighted by atomic mass is 16.2. The molecule has 2 amide bonds. The Kier molecular flexibility index (Phi) is 4.76. The predicted molar refractivity (Wildman–Crippen MR) is 72.5 cm³/mol. The Balaban J connectivity index is 1.95. The fraction of sp³-hybridized carbons (Fsp3) is 0.846. The van der Waals surface area contributed by atoms with Crippen molar-refractivity contribution in [2.75, 3.05) is 32.7 Å². The molecule has 2 rings (SSSR count). The topological polar surface area (TPSA) is 78.7 Å². The third-order valence-corrected chi connectivity index (χ3v) is 3.99. The molecule has 0 aromatic rings. The molecule has 2 atom stereocenters. The van der Waals surface area contributed by atoms with E-state index < -0.39 is 0 Å². The quantitative estimate of drug-likeness (QED) is 0.698. The van der Waals surface area contributed by atoms with Crippen LogP contribution in [0.5, 0.6) is 0 Å². The molecule has 0 spiro atoms. The van der Waals surface area contributed by atoms with Crippen LogP contribution in [0.25, 0.3) is 0 Å². The number of rotatable bonds is 3. The van der Waals surface area contributed by atoms with E-state index in [2.05, 4.69) is 5.32 Å². The maximum absolute atomic E-state index is 12.4. The van der Waals surface area contributed by atoms with E-state index in [0.717, 1.165) is 32.4 Å². The van der Waals surface area contributed by atoms with Crippen LogP contribution in [-0.2, 0) is 9.59 Å². The van der Waals surface area contributed by atoms with Crippen molar-refractivity contribution in [3.05, 3.63) is 0 Å². The Morgan fingerprint density at radius 3 is 2.95 bits per heavy atom. The molecule has 0 bridgehead atoms. The Morgan fingerprint density at radius 1 is 1.47 bits per heavy atom. The molecule has 6 heteroatoms. The molecule has 2 fully saturated rings. The number of nitrogens with two attached hydrogens (primary N) is 1. The van der Waals surface area contributed by atoms with Crippen molar-refractivity contribution >= 4 is 11.8 Å². The minimum atomic E-state index is -0.0111. The fourth-order valence-electron chi connectivity index (χ4n) is 2.88. The summed E-state index contributed by atoms with van der Waals surface area (Å²) in [5.41, 5.74) is 5.97. The largest absolute Gasteiger partial charge is 0.337 e. The van der Waals surface area contributed by atoms with Gasteiger partial charge in [-0.15, -0.1) is 0 Å². The number of nitrogens with one attached hydrogen (secondary N) is 1. The van der Waals surface area contributed by atoms with E-state index in [1.165, 1.54) is 0 Å². The van der Waals surface area contributed by atoms with Gasteiger partial charge in [-0.1, -0.05) is 0 Å². The first-order chi connectivity index (χ1) is 9.09. The van der Waals surface area contributed by atoms with Gasteiger partial charge in [0.1, 0.15) is 0 Å². The number of carbonyl (C=O) groups is 2. The highest BCUT2D eigenvalue weighted by Crippen LogP contribution is 2.19. The first-order valence-electron chi connectivity index (χ1n) is 7.13. The minimum Gasteiger partial charge on any atom is -0.337 e. The molecular weight excluding hydrogens is 244 g/mol. The number of carbonyl (C=O) groups excluding carboxylic acids is 2. The molecule has 0 aliphatic carbocycles. The average molecular weight is 268 g/mol. The molecule has 108 valence electrons. The highest BCUT2D eigenvalue weighted by molar-refractivity contribution is 5.86. The van der Waals surface area contributed by atoms with Crippen LogP contribution in [0.4, 0.5) is 0 Å². The van der Waals surface area contributed by atoms with Gasteiger partial charge in [0.05, 0.1) is 13.1 Å². The molecule has 2 aliphatic rings. The highest BCUT2D eigenvalue weighted by Gasteiger charge is 2.31. The van der Waals surface area contributed by atoms with Gasteiger partial charge in [-0.3, -0.25) is 9.59 Å². The van der Waals surface area contributed by atoms with E-state index in [1.54, 1.807) is 4.90 Å². The smallest absolute Gasteiger partial charge is 0.242 e. The number of piperidine rings is 1. The Labute approximate surface area is 114 Å². The van der Waals surface area contributed by atoms with Crippen LogP contribution >= 0.6 is 0 Å². The lowest BCUT2D eigenvalue weighted by atomic mass is 9.97. The van der Waals surface area contributed by atoms with Crippen LogP contribution in [0.15, 0.2) is 0 Å². The van der Waals surface area contributed by atoms with Crippen molar-refractivity contribution in [2.45, 2.75) is 38.3 Å². The molecule has 2 aliphatic heterocycles. The average Bonchev–Trinajstić information content (AvgIpc) is 2.41. The van der Waals surface area contributed by atoms with Gasteiger partial charge in [-0.05, 0) is 26.2 Å². The van der Waals surface area contributed by atoms with Crippen LogP contribution < -0.4 is 11.1 Å². The van der Waals surface area contributed by atoms with Gasteiger partial charge in [0.2, 0.25) is 11.8 Å². The minimum absolute atomic E-state index is 0.00829. The fourth-order valence-corrected chi connectivity index (χ4v) is 2.88. The molecule has 6 nitrogen and oxygen atoms in total. The van der Waals surface area contributed by atoms with Crippen molar-refractivity contribution in [1.29, 1.82) is 0 Å². The summed E-state index contributed by atoms with van der Waals surface area (Å²) < 4.78 is 0. The van der Waals surface area contributed by atoms with Gasteiger partial charge in [0, 0.05) is 31.7 Å². The number of likely N-dealkylation sites (tertiary alicyclic amines) is 1. The summed E-state index contributed by atoms with van der Waals surface area (Å²) in [6.45, 7) is 4.63. The number of hydrogen-bond acceptors (Lipinski definition) is 4. The summed E-state index contributed by atoms with van der Waals surface area (Å²) in [5.74, 6) is 0.0474. The molecule has 0 radical (unpaired) electrons. The second kappa shape index (κ2) is 6.34. The molecule has 0 aromatic heterocycles. The van der Waals surface area contributed by atoms with E-state index >= 15 is 0 Å². The van der Waals surface area contributed by atoms with Crippen molar-refractivity contribution in [3.8, 4) is 0 Å². The van der Waals surface area contributed by atoms with E-state index in [9.17, 15) is 9.59 Å². The third kappa shape index (κ3) is 3.45. The van der Waals surface area contributed by atoms with Crippen molar-refractivity contribution < 1.29 is 9.59 Å². The number of amides is 2. The Morgan fingerprint density at radius 2 is 2.26 bits per heavy atom. The maximum atomic E-state index is 12.4. The molecule has 2 heterocycles. The number of nitrogens with zero attached hydrogens (tertiary/aromatic N) is 2. The van der Waals surface area contributed by atoms with Gasteiger partial charge < -0.3 is 20.9 Å². The zero-order valence-corrected chi connectivity index (χ0v) is 11.6. The summed E-state index contributed by atoms with van der Waals surface area (Å²) in [7, 11) is 0.